The maximum atomic E-state index is 6.23. The zero-order chi connectivity index (χ0) is 37.0. The smallest absolute Gasteiger partial charge is 0.136 e. The lowest BCUT2D eigenvalue weighted by Gasteiger charge is -2.26. The van der Waals surface area contributed by atoms with E-state index in [1.165, 1.54) is 60.1 Å². The van der Waals surface area contributed by atoms with Crippen molar-refractivity contribution in [1.82, 2.24) is 0 Å². The molecule has 2 nitrogen and oxygen atoms in total. The topological polar surface area (TPSA) is 16.4 Å². The van der Waals surface area contributed by atoms with Crippen molar-refractivity contribution in [2.75, 3.05) is 4.90 Å². The van der Waals surface area contributed by atoms with Crippen LogP contribution in [0.15, 0.2) is 217 Å². The summed E-state index contributed by atoms with van der Waals surface area (Å²) in [5.41, 5.74) is 12.2. The van der Waals surface area contributed by atoms with Gasteiger partial charge < -0.3 is 9.32 Å². The molecule has 10 aromatic carbocycles. The lowest BCUT2D eigenvalue weighted by atomic mass is 9.95. The Morgan fingerprint density at radius 3 is 1.66 bits per heavy atom. The van der Waals surface area contributed by atoms with Crippen molar-refractivity contribution < 1.29 is 4.42 Å². The van der Waals surface area contributed by atoms with E-state index in [9.17, 15) is 0 Å². The van der Waals surface area contributed by atoms with Gasteiger partial charge in [-0.3, -0.25) is 0 Å². The normalized spacial score (nSPS) is 11.6. The molecule has 0 aliphatic heterocycles. The van der Waals surface area contributed by atoms with E-state index in [1.807, 2.05) is 12.1 Å². The summed E-state index contributed by atoms with van der Waals surface area (Å²) in [4.78, 5) is 2.36. The van der Waals surface area contributed by atoms with Crippen LogP contribution in [0.4, 0.5) is 17.1 Å². The molecular formula is C54H35NO. The first-order valence-electron chi connectivity index (χ1n) is 19.2. The Bertz CT molecular complexity index is 3240. The van der Waals surface area contributed by atoms with Gasteiger partial charge in [-0.1, -0.05) is 158 Å². The van der Waals surface area contributed by atoms with Gasteiger partial charge in [0.1, 0.15) is 11.2 Å². The standard InChI is InChI=1S/C54H35NO/c1-3-15-46-37(10-1)12-8-18-48(46)41-14-7-13-40(34-41)36-24-28-43(29-25-36)55(45-32-33-49-42(35-45)23-22-38-11-2-4-16-47(38)49)44-30-26-39(27-31-44)50-19-9-21-53-54(50)51-17-5-6-20-52(51)56-53/h1-35H. The monoisotopic (exact) mass is 713 g/mol. The third-order valence-electron chi connectivity index (χ3n) is 11.2. The SMILES string of the molecule is c1cc(-c2ccc(N(c3ccc(-c4cccc5oc6ccccc6c45)cc3)c3ccc4c(ccc5ccccc54)c3)cc2)cc(-c2cccc3ccccc23)c1. The third-order valence-corrected chi connectivity index (χ3v) is 11.2. The van der Waals surface area contributed by atoms with Crippen molar-refractivity contribution in [3.8, 4) is 33.4 Å². The second kappa shape index (κ2) is 13.2. The largest absolute Gasteiger partial charge is 0.456 e. The number of benzene rings is 10. The number of hydrogen-bond acceptors (Lipinski definition) is 2. The second-order valence-corrected chi connectivity index (χ2v) is 14.5. The summed E-state index contributed by atoms with van der Waals surface area (Å²) < 4.78 is 6.23. The van der Waals surface area contributed by atoms with Gasteiger partial charge in [0.15, 0.2) is 0 Å². The van der Waals surface area contributed by atoms with Gasteiger partial charge in [-0.25, -0.2) is 0 Å². The minimum atomic E-state index is 0.904. The number of nitrogens with zero attached hydrogens (tertiary/aromatic N) is 1. The molecule has 56 heavy (non-hydrogen) atoms. The van der Waals surface area contributed by atoms with Crippen molar-refractivity contribution in [3.05, 3.63) is 212 Å². The van der Waals surface area contributed by atoms with Gasteiger partial charge >= 0.3 is 0 Å². The number of para-hydroxylation sites is 1. The van der Waals surface area contributed by atoms with Gasteiger partial charge in [0, 0.05) is 27.8 Å². The number of fused-ring (bicyclic) bond motifs is 7. The molecule has 0 fully saturated rings. The molecular weight excluding hydrogens is 679 g/mol. The Balaban J connectivity index is 1.01. The molecule has 0 atom stereocenters. The van der Waals surface area contributed by atoms with Crippen LogP contribution in [-0.2, 0) is 0 Å². The van der Waals surface area contributed by atoms with Gasteiger partial charge in [-0.15, -0.1) is 0 Å². The van der Waals surface area contributed by atoms with Crippen LogP contribution in [0.5, 0.6) is 0 Å². The van der Waals surface area contributed by atoms with Crippen LogP contribution in [0.2, 0.25) is 0 Å². The van der Waals surface area contributed by atoms with E-state index in [2.05, 4.69) is 205 Å². The minimum absolute atomic E-state index is 0.904. The zero-order valence-corrected chi connectivity index (χ0v) is 30.6. The summed E-state index contributed by atoms with van der Waals surface area (Å²) in [5.74, 6) is 0. The van der Waals surface area contributed by atoms with Gasteiger partial charge in [0.2, 0.25) is 0 Å². The first kappa shape index (κ1) is 32.0. The predicted octanol–water partition coefficient (Wildman–Crippen LogP) is 15.5. The van der Waals surface area contributed by atoms with E-state index in [-0.39, 0.29) is 0 Å². The molecule has 0 saturated heterocycles. The van der Waals surface area contributed by atoms with E-state index < -0.39 is 0 Å². The molecule has 0 N–H and O–H groups in total. The fraction of sp³-hybridized carbons (Fsp3) is 0. The molecule has 0 spiro atoms. The lowest BCUT2D eigenvalue weighted by Crippen LogP contribution is -2.09. The molecule has 2 heteroatoms. The number of furan rings is 1. The molecule has 0 aliphatic rings. The zero-order valence-electron chi connectivity index (χ0n) is 30.6. The lowest BCUT2D eigenvalue weighted by molar-refractivity contribution is 0.669. The van der Waals surface area contributed by atoms with Crippen molar-refractivity contribution in [1.29, 1.82) is 0 Å². The Morgan fingerprint density at radius 2 is 0.839 bits per heavy atom. The van der Waals surface area contributed by atoms with Gasteiger partial charge in [0.05, 0.1) is 0 Å². The molecule has 0 bridgehead atoms. The highest BCUT2D eigenvalue weighted by Crippen LogP contribution is 2.41. The number of rotatable bonds is 6. The van der Waals surface area contributed by atoms with Gasteiger partial charge in [0.25, 0.3) is 0 Å². The summed E-state index contributed by atoms with van der Waals surface area (Å²) in [6.45, 7) is 0. The van der Waals surface area contributed by atoms with Crippen molar-refractivity contribution in [3.63, 3.8) is 0 Å². The van der Waals surface area contributed by atoms with Crippen LogP contribution in [0.1, 0.15) is 0 Å². The van der Waals surface area contributed by atoms with E-state index in [0.29, 0.717) is 0 Å². The molecule has 0 amide bonds. The number of anilines is 3. The molecule has 0 radical (unpaired) electrons. The van der Waals surface area contributed by atoms with Crippen molar-refractivity contribution in [2.45, 2.75) is 0 Å². The average Bonchev–Trinajstić information content (AvgIpc) is 3.66. The Labute approximate surface area is 325 Å². The minimum Gasteiger partial charge on any atom is -0.456 e. The van der Waals surface area contributed by atoms with E-state index >= 15 is 0 Å². The maximum absolute atomic E-state index is 6.23. The van der Waals surface area contributed by atoms with Crippen LogP contribution in [0, 0.1) is 0 Å². The molecule has 0 aliphatic carbocycles. The molecule has 1 heterocycles. The van der Waals surface area contributed by atoms with Gasteiger partial charge in [-0.2, -0.15) is 0 Å². The van der Waals surface area contributed by atoms with E-state index in [4.69, 9.17) is 4.42 Å². The van der Waals surface area contributed by atoms with Crippen molar-refractivity contribution in [2.24, 2.45) is 0 Å². The summed E-state index contributed by atoms with van der Waals surface area (Å²) in [6, 6.07) is 76.5. The highest BCUT2D eigenvalue weighted by molar-refractivity contribution is 6.12. The fourth-order valence-corrected chi connectivity index (χ4v) is 8.54. The number of hydrogen-bond donors (Lipinski definition) is 0. The highest BCUT2D eigenvalue weighted by atomic mass is 16.3. The Kier molecular flexibility index (Phi) is 7.53. The maximum Gasteiger partial charge on any atom is 0.136 e. The Morgan fingerprint density at radius 1 is 0.286 bits per heavy atom. The van der Waals surface area contributed by atoms with Crippen LogP contribution >= 0.6 is 0 Å². The predicted molar refractivity (Wildman–Crippen MR) is 237 cm³/mol. The van der Waals surface area contributed by atoms with Crippen LogP contribution in [0.25, 0.3) is 87.6 Å². The summed E-state index contributed by atoms with van der Waals surface area (Å²) in [7, 11) is 0. The molecule has 1 aromatic heterocycles. The summed E-state index contributed by atoms with van der Waals surface area (Å²) >= 11 is 0. The molecule has 0 unspecified atom stereocenters. The third kappa shape index (κ3) is 5.42. The van der Waals surface area contributed by atoms with Crippen LogP contribution in [0.3, 0.4) is 0 Å². The summed E-state index contributed by atoms with van der Waals surface area (Å²) in [6.07, 6.45) is 0. The first-order valence-corrected chi connectivity index (χ1v) is 19.2. The quantitative estimate of drug-likeness (QED) is 0.160. The molecule has 11 rings (SSSR count). The van der Waals surface area contributed by atoms with Crippen LogP contribution < -0.4 is 4.90 Å². The van der Waals surface area contributed by atoms with E-state index in [0.717, 1.165) is 44.6 Å². The fourth-order valence-electron chi connectivity index (χ4n) is 8.54. The van der Waals surface area contributed by atoms with Crippen molar-refractivity contribution >= 4 is 71.3 Å². The molecule has 0 saturated carbocycles. The average molecular weight is 714 g/mol. The Hall–Kier alpha value is -7.42. The molecule has 11 aromatic rings. The van der Waals surface area contributed by atoms with Gasteiger partial charge in [-0.05, 0) is 120 Å². The van der Waals surface area contributed by atoms with Crippen LogP contribution in [-0.4, -0.2) is 0 Å². The molecule has 262 valence electrons. The summed E-state index contributed by atoms with van der Waals surface area (Å²) in [5, 5.41) is 9.78. The highest BCUT2D eigenvalue weighted by Gasteiger charge is 2.17. The van der Waals surface area contributed by atoms with E-state index in [1.54, 1.807) is 0 Å². The second-order valence-electron chi connectivity index (χ2n) is 14.5. The first-order chi connectivity index (χ1) is 27.7.